The van der Waals surface area contributed by atoms with Crippen molar-refractivity contribution in [1.82, 2.24) is 13.7 Å². The lowest BCUT2D eigenvalue weighted by Gasteiger charge is -2.12. The Labute approximate surface area is 224 Å². The summed E-state index contributed by atoms with van der Waals surface area (Å²) < 4.78 is 6.34. The average molecular weight is 504 g/mol. The summed E-state index contributed by atoms with van der Waals surface area (Å²) in [6.07, 6.45) is 1.92. The van der Waals surface area contributed by atoms with Crippen molar-refractivity contribution in [3.63, 3.8) is 0 Å². The standard InChI is InChI=1S/C35H25N3O/c1-22-21-36(2)35(39)28-17-15-23(19-29(22)28)38-33-14-8-5-11-27(33)30-20-24(16-18-34(30)38)37-31-12-6-3-9-25(31)26-10-4-7-13-32(26)37/h3-21H,1-2H3. The van der Waals surface area contributed by atoms with Crippen LogP contribution in [0.2, 0.25) is 0 Å². The van der Waals surface area contributed by atoms with Gasteiger partial charge in [-0.1, -0.05) is 54.6 Å². The molecule has 0 radical (unpaired) electrons. The number of nitrogens with zero attached hydrogens (tertiary/aromatic N) is 3. The molecule has 0 atom stereocenters. The van der Waals surface area contributed by atoms with Crippen LogP contribution in [0.15, 0.2) is 120 Å². The van der Waals surface area contributed by atoms with Gasteiger partial charge in [-0.15, -0.1) is 0 Å². The third kappa shape index (κ3) is 3.03. The summed E-state index contributed by atoms with van der Waals surface area (Å²) in [6.45, 7) is 2.06. The molecule has 0 aliphatic heterocycles. The predicted molar refractivity (Wildman–Crippen MR) is 163 cm³/mol. The van der Waals surface area contributed by atoms with Crippen molar-refractivity contribution in [2.45, 2.75) is 6.92 Å². The van der Waals surface area contributed by atoms with Crippen molar-refractivity contribution in [2.75, 3.05) is 0 Å². The van der Waals surface area contributed by atoms with E-state index in [4.69, 9.17) is 0 Å². The Kier molecular flexibility index (Phi) is 4.48. The van der Waals surface area contributed by atoms with Crippen LogP contribution in [0.4, 0.5) is 0 Å². The number of fused-ring (bicyclic) bond motifs is 7. The number of pyridine rings is 1. The highest BCUT2D eigenvalue weighted by molar-refractivity contribution is 6.12. The van der Waals surface area contributed by atoms with Crippen LogP contribution in [0.3, 0.4) is 0 Å². The van der Waals surface area contributed by atoms with E-state index in [0.29, 0.717) is 0 Å². The van der Waals surface area contributed by atoms with Crippen LogP contribution < -0.4 is 5.56 Å². The van der Waals surface area contributed by atoms with Gasteiger partial charge in [-0.05, 0) is 72.5 Å². The lowest BCUT2D eigenvalue weighted by molar-refractivity contribution is 0.866. The Balaban J connectivity index is 1.43. The van der Waals surface area contributed by atoms with E-state index in [2.05, 4.69) is 119 Å². The van der Waals surface area contributed by atoms with Crippen molar-refractivity contribution in [1.29, 1.82) is 0 Å². The van der Waals surface area contributed by atoms with Crippen LogP contribution in [-0.4, -0.2) is 13.7 Å². The minimum absolute atomic E-state index is 0.0280. The summed E-state index contributed by atoms with van der Waals surface area (Å²) >= 11 is 0. The molecule has 5 aromatic carbocycles. The summed E-state index contributed by atoms with van der Waals surface area (Å²) in [7, 11) is 1.81. The Morgan fingerprint density at radius 2 is 0.949 bits per heavy atom. The monoisotopic (exact) mass is 503 g/mol. The average Bonchev–Trinajstić information content (AvgIpc) is 3.48. The summed E-state index contributed by atoms with van der Waals surface area (Å²) in [5.41, 5.74) is 8.00. The Morgan fingerprint density at radius 1 is 0.487 bits per heavy atom. The molecule has 0 saturated heterocycles. The molecule has 0 amide bonds. The highest BCUT2D eigenvalue weighted by Gasteiger charge is 2.17. The molecule has 0 saturated carbocycles. The van der Waals surface area contributed by atoms with E-state index in [0.717, 1.165) is 38.7 Å². The van der Waals surface area contributed by atoms with E-state index in [1.54, 1.807) is 4.57 Å². The maximum atomic E-state index is 12.8. The predicted octanol–water partition coefficient (Wildman–Crippen LogP) is 8.04. The van der Waals surface area contributed by atoms with Gasteiger partial charge in [0.2, 0.25) is 0 Å². The van der Waals surface area contributed by atoms with Gasteiger partial charge in [0.25, 0.3) is 5.56 Å². The third-order valence-electron chi connectivity index (χ3n) is 8.12. The van der Waals surface area contributed by atoms with Crippen molar-refractivity contribution < 1.29 is 0 Å². The minimum atomic E-state index is 0.0280. The van der Waals surface area contributed by atoms with E-state index >= 15 is 0 Å². The fourth-order valence-electron chi connectivity index (χ4n) is 6.37. The minimum Gasteiger partial charge on any atom is -0.318 e. The van der Waals surface area contributed by atoms with Gasteiger partial charge in [-0.2, -0.15) is 0 Å². The van der Waals surface area contributed by atoms with Crippen LogP contribution in [0.1, 0.15) is 5.56 Å². The topological polar surface area (TPSA) is 31.9 Å². The van der Waals surface area contributed by atoms with Crippen LogP contribution in [-0.2, 0) is 7.05 Å². The summed E-state index contributed by atoms with van der Waals surface area (Å²) in [5, 5.41) is 6.65. The van der Waals surface area contributed by atoms with Gasteiger partial charge in [0, 0.05) is 51.6 Å². The molecule has 0 bridgehead atoms. The van der Waals surface area contributed by atoms with Crippen LogP contribution in [0, 0.1) is 6.92 Å². The number of para-hydroxylation sites is 3. The highest BCUT2D eigenvalue weighted by Crippen LogP contribution is 2.37. The van der Waals surface area contributed by atoms with E-state index in [1.165, 1.54) is 32.6 Å². The first-order valence-corrected chi connectivity index (χ1v) is 13.2. The van der Waals surface area contributed by atoms with Gasteiger partial charge in [-0.25, -0.2) is 0 Å². The van der Waals surface area contributed by atoms with Gasteiger partial charge in [0.1, 0.15) is 0 Å². The lowest BCUT2D eigenvalue weighted by atomic mass is 10.1. The zero-order chi connectivity index (χ0) is 26.2. The first kappa shape index (κ1) is 21.9. The molecule has 4 nitrogen and oxygen atoms in total. The van der Waals surface area contributed by atoms with Gasteiger partial charge in [0.05, 0.1) is 22.1 Å². The third-order valence-corrected chi connectivity index (χ3v) is 8.12. The van der Waals surface area contributed by atoms with Gasteiger partial charge >= 0.3 is 0 Å². The number of aromatic nitrogens is 3. The molecule has 3 aromatic heterocycles. The normalized spacial score (nSPS) is 11.9. The molecule has 8 rings (SSSR count). The van der Waals surface area contributed by atoms with E-state index < -0.39 is 0 Å². The highest BCUT2D eigenvalue weighted by atomic mass is 16.1. The smallest absolute Gasteiger partial charge is 0.258 e. The molecule has 0 spiro atoms. The van der Waals surface area contributed by atoms with E-state index in [-0.39, 0.29) is 5.56 Å². The number of hydrogen-bond donors (Lipinski definition) is 0. The number of benzene rings is 5. The van der Waals surface area contributed by atoms with Crippen molar-refractivity contribution in [2.24, 2.45) is 7.05 Å². The second-order valence-corrected chi connectivity index (χ2v) is 10.4. The summed E-state index contributed by atoms with van der Waals surface area (Å²) in [5.74, 6) is 0. The molecule has 0 unspecified atom stereocenters. The molecule has 0 fully saturated rings. The first-order chi connectivity index (χ1) is 19.1. The molecule has 186 valence electrons. The van der Waals surface area contributed by atoms with Gasteiger partial charge in [0.15, 0.2) is 0 Å². The fourth-order valence-corrected chi connectivity index (χ4v) is 6.37. The van der Waals surface area contributed by atoms with E-state index in [9.17, 15) is 4.79 Å². The fraction of sp³-hybridized carbons (Fsp3) is 0.0571. The first-order valence-electron chi connectivity index (χ1n) is 13.2. The van der Waals surface area contributed by atoms with Gasteiger partial charge in [-0.3, -0.25) is 4.79 Å². The van der Waals surface area contributed by atoms with E-state index in [1.807, 2.05) is 19.3 Å². The molecular formula is C35H25N3O. The molecule has 0 aliphatic rings. The molecule has 0 aliphatic carbocycles. The van der Waals surface area contributed by atoms with Crippen molar-refractivity contribution >= 4 is 54.4 Å². The molecule has 3 heterocycles. The second-order valence-electron chi connectivity index (χ2n) is 10.4. The summed E-state index contributed by atoms with van der Waals surface area (Å²) in [6, 6.07) is 38.8. The number of hydrogen-bond acceptors (Lipinski definition) is 1. The zero-order valence-electron chi connectivity index (χ0n) is 21.7. The second kappa shape index (κ2) is 7.95. The SMILES string of the molecule is Cc1cn(C)c(=O)c2ccc(-n3c4ccccc4c4cc(-n5c6ccccc6c6ccccc65)ccc43)cc12. The van der Waals surface area contributed by atoms with Crippen LogP contribution in [0.5, 0.6) is 0 Å². The Bertz CT molecular complexity index is 2280. The largest absolute Gasteiger partial charge is 0.318 e. The number of rotatable bonds is 2. The molecular weight excluding hydrogens is 478 g/mol. The van der Waals surface area contributed by atoms with Gasteiger partial charge < -0.3 is 13.7 Å². The number of aryl methyl sites for hydroxylation is 2. The zero-order valence-corrected chi connectivity index (χ0v) is 21.7. The lowest BCUT2D eigenvalue weighted by Crippen LogP contribution is -2.16. The van der Waals surface area contributed by atoms with Crippen molar-refractivity contribution in [3.05, 3.63) is 131 Å². The maximum absolute atomic E-state index is 12.8. The van der Waals surface area contributed by atoms with Crippen LogP contribution >= 0.6 is 0 Å². The van der Waals surface area contributed by atoms with Crippen LogP contribution in [0.25, 0.3) is 65.8 Å². The quantitative estimate of drug-likeness (QED) is 0.235. The molecule has 4 heteroatoms. The molecule has 39 heavy (non-hydrogen) atoms. The summed E-state index contributed by atoms with van der Waals surface area (Å²) in [4.78, 5) is 12.8. The molecule has 0 N–H and O–H groups in total. The Hall–Kier alpha value is -5.09. The molecule has 8 aromatic rings. The van der Waals surface area contributed by atoms with Crippen molar-refractivity contribution in [3.8, 4) is 11.4 Å². The Morgan fingerprint density at radius 3 is 1.54 bits per heavy atom. The maximum Gasteiger partial charge on any atom is 0.258 e.